The minimum atomic E-state index is -2.36. The third-order valence-corrected chi connectivity index (χ3v) is 14.5. The summed E-state index contributed by atoms with van der Waals surface area (Å²) in [5.74, 6) is 0.652. The standard InChI is InChI=1S/2C24H26F2N6O3/c2*1-24(13-33)8-14-5-18(29-23(34)17-9-28-32-4-2-3-27-22(17)32)19(7-20(14)35-24)31-11-15-6-16(31)10-30(15)12-21(25)26/h2*2-5,7,9,15-16,21,33H,6,8,10-13H2,1H3,(H,29,34)/t15-,16-,24+;15-,16-,24-/m11/s1. The van der Waals surface area contributed by atoms with Crippen molar-refractivity contribution in [2.24, 2.45) is 0 Å². The fraction of sp³-hybridized carbons (Fsp3) is 0.458. The molecule has 0 aliphatic carbocycles. The molecule has 4 bridgehead atoms. The van der Waals surface area contributed by atoms with Crippen molar-refractivity contribution in [2.75, 3.05) is 72.9 Å². The van der Waals surface area contributed by atoms with E-state index in [1.165, 1.54) is 21.4 Å². The average molecular weight is 969 g/mol. The van der Waals surface area contributed by atoms with Crippen LogP contribution in [0.3, 0.4) is 0 Å². The number of amides is 2. The van der Waals surface area contributed by atoms with Gasteiger partial charge in [-0.1, -0.05) is 0 Å². The molecule has 0 radical (unpaired) electrons. The molecule has 18 nitrogen and oxygen atoms in total. The highest BCUT2D eigenvalue weighted by Crippen LogP contribution is 2.47. The highest BCUT2D eigenvalue weighted by molar-refractivity contribution is 6.10. The van der Waals surface area contributed by atoms with E-state index in [4.69, 9.17) is 9.47 Å². The Morgan fingerprint density at radius 2 is 1.10 bits per heavy atom. The van der Waals surface area contributed by atoms with Gasteiger partial charge in [0.2, 0.25) is 0 Å². The van der Waals surface area contributed by atoms with E-state index < -0.39 is 24.1 Å². The monoisotopic (exact) mass is 968 g/mol. The van der Waals surface area contributed by atoms with Crippen LogP contribution in [0.1, 0.15) is 58.5 Å². The van der Waals surface area contributed by atoms with Crippen LogP contribution in [0.5, 0.6) is 11.5 Å². The summed E-state index contributed by atoms with van der Waals surface area (Å²) in [5.41, 5.74) is 4.72. The fourth-order valence-corrected chi connectivity index (χ4v) is 11.2. The smallest absolute Gasteiger partial charge is 0.261 e. The topological polar surface area (TPSA) is 190 Å². The summed E-state index contributed by atoms with van der Waals surface area (Å²) in [6.45, 7) is 5.26. The summed E-state index contributed by atoms with van der Waals surface area (Å²) in [5, 5.41) is 34.1. The molecule has 22 heteroatoms. The van der Waals surface area contributed by atoms with Crippen LogP contribution in [0, 0.1) is 0 Å². The lowest BCUT2D eigenvalue weighted by Gasteiger charge is -2.36. The number of nitrogens with zero attached hydrogens (tertiary/aromatic N) is 10. The maximum Gasteiger partial charge on any atom is 0.261 e. The maximum absolute atomic E-state index is 13.3. The van der Waals surface area contributed by atoms with Crippen LogP contribution in [-0.4, -0.2) is 162 Å². The second-order valence-electron chi connectivity index (χ2n) is 19.6. The Balaban J connectivity index is 0.000000152. The number of hydrogen-bond donors (Lipinski definition) is 4. The number of piperazine rings is 2. The Hall–Kier alpha value is -6.62. The molecule has 4 saturated heterocycles. The van der Waals surface area contributed by atoms with Crippen LogP contribution in [0.15, 0.2) is 73.6 Å². The zero-order chi connectivity index (χ0) is 48.6. The molecule has 12 rings (SSSR count). The Kier molecular flexibility index (Phi) is 11.6. The zero-order valence-electron chi connectivity index (χ0n) is 38.4. The zero-order valence-corrected chi connectivity index (χ0v) is 38.4. The second-order valence-corrected chi connectivity index (χ2v) is 19.6. The van der Waals surface area contributed by atoms with Gasteiger partial charge >= 0.3 is 0 Å². The van der Waals surface area contributed by atoms with Gasteiger partial charge in [-0.3, -0.25) is 19.4 Å². The van der Waals surface area contributed by atoms with Crippen molar-refractivity contribution < 1.29 is 46.8 Å². The van der Waals surface area contributed by atoms with Crippen molar-refractivity contribution in [1.29, 1.82) is 0 Å². The predicted molar refractivity (Wildman–Crippen MR) is 249 cm³/mol. The lowest BCUT2D eigenvalue weighted by Crippen LogP contribution is -2.48. The third kappa shape index (κ3) is 8.38. The Labute approximate surface area is 398 Å². The number of fused-ring (bicyclic) bond motifs is 8. The number of aliphatic hydroxyl groups is 2. The molecular weight excluding hydrogens is 917 g/mol. The first kappa shape index (κ1) is 45.8. The Bertz CT molecular complexity index is 2800. The van der Waals surface area contributed by atoms with E-state index in [1.54, 1.807) is 36.9 Å². The Morgan fingerprint density at radius 1 is 0.671 bits per heavy atom. The molecule has 4 fully saturated rings. The summed E-state index contributed by atoms with van der Waals surface area (Å²) in [7, 11) is 0. The molecule has 368 valence electrons. The van der Waals surface area contributed by atoms with Crippen molar-refractivity contribution in [3.05, 3.63) is 95.8 Å². The van der Waals surface area contributed by atoms with E-state index in [2.05, 4.69) is 40.6 Å². The van der Waals surface area contributed by atoms with Crippen LogP contribution in [0.25, 0.3) is 11.3 Å². The van der Waals surface area contributed by atoms with Crippen LogP contribution in [-0.2, 0) is 12.8 Å². The van der Waals surface area contributed by atoms with Gasteiger partial charge in [0.25, 0.3) is 24.7 Å². The van der Waals surface area contributed by atoms with E-state index in [1.807, 2.05) is 47.9 Å². The largest absolute Gasteiger partial charge is 0.484 e. The number of aromatic nitrogens is 6. The average Bonchev–Trinajstić information content (AvgIpc) is 4.21. The van der Waals surface area contributed by atoms with Crippen LogP contribution >= 0.6 is 0 Å². The van der Waals surface area contributed by atoms with Crippen LogP contribution < -0.4 is 29.9 Å². The van der Waals surface area contributed by atoms with Gasteiger partial charge in [0.05, 0.1) is 61.4 Å². The molecule has 4 aromatic heterocycles. The van der Waals surface area contributed by atoms with Gasteiger partial charge in [-0.25, -0.2) is 36.6 Å². The highest BCUT2D eigenvalue weighted by atomic mass is 19.3. The van der Waals surface area contributed by atoms with Gasteiger partial charge in [0.1, 0.15) is 33.8 Å². The number of rotatable bonds is 12. The molecule has 70 heavy (non-hydrogen) atoms. The number of anilines is 4. The first-order valence-corrected chi connectivity index (χ1v) is 23.4. The number of aliphatic hydroxyl groups excluding tert-OH is 2. The number of carbonyl (C=O) groups excluding carboxylic acids is 2. The molecule has 6 aliphatic rings. The Morgan fingerprint density at radius 3 is 1.47 bits per heavy atom. The number of benzene rings is 2. The molecule has 6 aliphatic heterocycles. The molecule has 4 N–H and O–H groups in total. The van der Waals surface area contributed by atoms with Crippen LogP contribution in [0.4, 0.5) is 40.3 Å². The van der Waals surface area contributed by atoms with Gasteiger partial charge in [0, 0.05) is 111 Å². The number of nitrogens with one attached hydrogen (secondary N) is 2. The number of ether oxygens (including phenoxy) is 2. The van der Waals surface area contributed by atoms with E-state index >= 15 is 0 Å². The second kappa shape index (κ2) is 17.7. The van der Waals surface area contributed by atoms with E-state index in [0.717, 1.165) is 35.3 Å². The first-order chi connectivity index (χ1) is 33.7. The minimum absolute atomic E-state index is 0.0400. The van der Waals surface area contributed by atoms with Crippen molar-refractivity contribution in [3.8, 4) is 11.5 Å². The molecule has 6 atom stereocenters. The molecule has 0 spiro atoms. The quantitative estimate of drug-likeness (QED) is 0.126. The van der Waals surface area contributed by atoms with Crippen molar-refractivity contribution in [2.45, 2.75) is 87.8 Å². The fourth-order valence-electron chi connectivity index (χ4n) is 11.2. The van der Waals surface area contributed by atoms with E-state index in [9.17, 15) is 37.4 Å². The molecule has 10 heterocycles. The predicted octanol–water partition coefficient (Wildman–Crippen LogP) is 4.39. The SMILES string of the molecule is C[C@@]1(CO)Cc2cc(NC(=O)c3cnn4cccnc34)c(N3C[C@H]4C[C@@H]3CN4CC(F)F)cc2O1.C[C@]1(CO)Cc2cc(NC(=O)c3cnn4cccnc34)c(N3C[C@H]4C[C@@H]3CN4CC(F)F)cc2O1. The molecule has 2 aromatic carbocycles. The summed E-state index contributed by atoms with van der Waals surface area (Å²) >= 11 is 0. The van der Waals surface area contributed by atoms with Gasteiger partial charge in [-0.05, 0) is 51.0 Å². The number of alkyl halides is 4. The first-order valence-electron chi connectivity index (χ1n) is 23.4. The molecule has 6 aromatic rings. The lowest BCUT2D eigenvalue weighted by molar-refractivity contribution is 0.0446. The number of halogens is 4. The van der Waals surface area contributed by atoms with Crippen molar-refractivity contribution >= 4 is 45.9 Å². The number of carbonyl (C=O) groups is 2. The van der Waals surface area contributed by atoms with Gasteiger partial charge in [0.15, 0.2) is 11.3 Å². The van der Waals surface area contributed by atoms with Crippen LogP contribution in [0.2, 0.25) is 0 Å². The molecule has 0 saturated carbocycles. The summed E-state index contributed by atoms with van der Waals surface area (Å²) in [4.78, 5) is 43.2. The minimum Gasteiger partial charge on any atom is -0.484 e. The number of likely N-dealkylation sites (tertiary alicyclic amines) is 2. The van der Waals surface area contributed by atoms with Gasteiger partial charge < -0.3 is 40.1 Å². The van der Waals surface area contributed by atoms with E-state index in [0.29, 0.717) is 84.3 Å². The highest BCUT2D eigenvalue weighted by Gasteiger charge is 2.47. The van der Waals surface area contributed by atoms with Gasteiger partial charge in [-0.2, -0.15) is 10.2 Å². The maximum atomic E-state index is 13.3. The summed E-state index contributed by atoms with van der Waals surface area (Å²) < 4.78 is 67.2. The van der Waals surface area contributed by atoms with Crippen molar-refractivity contribution in [1.82, 2.24) is 39.0 Å². The summed E-state index contributed by atoms with van der Waals surface area (Å²) in [6.07, 6.45) is 7.51. The summed E-state index contributed by atoms with van der Waals surface area (Å²) in [6, 6.07) is 11.3. The number of hydrogen-bond acceptors (Lipinski definition) is 14. The van der Waals surface area contributed by atoms with E-state index in [-0.39, 0.29) is 62.3 Å². The normalized spacial score (nSPS) is 25.5. The lowest BCUT2D eigenvalue weighted by atomic mass is 9.99. The molecular formula is C48H52F4N12O6. The molecule has 0 unspecified atom stereocenters. The third-order valence-electron chi connectivity index (χ3n) is 14.5. The van der Waals surface area contributed by atoms with Crippen molar-refractivity contribution in [3.63, 3.8) is 0 Å². The van der Waals surface area contributed by atoms with Gasteiger partial charge in [-0.15, -0.1) is 0 Å². The molecule has 2 amide bonds.